The molecule has 0 atom stereocenters. The van der Waals surface area contributed by atoms with Gasteiger partial charge in [0.2, 0.25) is 0 Å². The Bertz CT molecular complexity index is 570. The maximum atomic E-state index is 12.3. The lowest BCUT2D eigenvalue weighted by atomic mass is 9.96. The zero-order valence-corrected chi connectivity index (χ0v) is 13.0. The standard InChI is InChI=1S/C14H19F3N4O2/c1-9-7-11(19-20(9)2)12(22)18-8-10-3-5-21(6-4-10)13(23)14(15,16)17/h7,10H,3-6,8H2,1-2H3,(H,18,22). The number of aromatic nitrogens is 2. The highest BCUT2D eigenvalue weighted by Gasteiger charge is 2.43. The van der Waals surface area contributed by atoms with Gasteiger partial charge in [-0.1, -0.05) is 0 Å². The zero-order chi connectivity index (χ0) is 17.2. The summed E-state index contributed by atoms with van der Waals surface area (Å²) in [4.78, 5) is 23.9. The summed E-state index contributed by atoms with van der Waals surface area (Å²) in [5.74, 6) is -2.03. The van der Waals surface area contributed by atoms with E-state index in [1.54, 1.807) is 17.8 Å². The molecule has 2 heterocycles. The summed E-state index contributed by atoms with van der Waals surface area (Å²) in [6.45, 7) is 2.31. The van der Waals surface area contributed by atoms with Gasteiger partial charge in [-0.2, -0.15) is 18.3 Å². The number of halogens is 3. The van der Waals surface area contributed by atoms with Crippen LogP contribution in [0.4, 0.5) is 13.2 Å². The summed E-state index contributed by atoms with van der Waals surface area (Å²) in [7, 11) is 1.74. The largest absolute Gasteiger partial charge is 0.471 e. The van der Waals surface area contributed by atoms with Crippen molar-refractivity contribution in [2.75, 3.05) is 19.6 Å². The van der Waals surface area contributed by atoms with E-state index in [1.165, 1.54) is 0 Å². The van der Waals surface area contributed by atoms with Crippen molar-refractivity contribution < 1.29 is 22.8 Å². The van der Waals surface area contributed by atoms with Gasteiger partial charge in [-0.15, -0.1) is 0 Å². The number of nitrogens with one attached hydrogen (secondary N) is 1. The fourth-order valence-corrected chi connectivity index (χ4v) is 2.52. The van der Waals surface area contributed by atoms with Crippen LogP contribution in [0.2, 0.25) is 0 Å². The van der Waals surface area contributed by atoms with Crippen LogP contribution in [0, 0.1) is 12.8 Å². The average molecular weight is 332 g/mol. The fourth-order valence-electron chi connectivity index (χ4n) is 2.52. The molecule has 0 unspecified atom stereocenters. The zero-order valence-electron chi connectivity index (χ0n) is 13.0. The number of carbonyl (C=O) groups is 2. The van der Waals surface area contributed by atoms with Gasteiger partial charge >= 0.3 is 12.1 Å². The Morgan fingerprint density at radius 3 is 2.43 bits per heavy atom. The van der Waals surface area contributed by atoms with Crippen LogP contribution in [-0.4, -0.2) is 52.3 Å². The van der Waals surface area contributed by atoms with E-state index in [4.69, 9.17) is 0 Å². The molecule has 128 valence electrons. The molecular formula is C14H19F3N4O2. The lowest BCUT2D eigenvalue weighted by Crippen LogP contribution is -2.46. The average Bonchev–Trinajstić information content (AvgIpc) is 2.83. The molecule has 0 aliphatic carbocycles. The molecule has 0 aromatic carbocycles. The second-order valence-electron chi connectivity index (χ2n) is 5.74. The molecule has 1 N–H and O–H groups in total. The number of piperidine rings is 1. The minimum absolute atomic E-state index is 0.0565. The molecule has 1 aliphatic heterocycles. The van der Waals surface area contributed by atoms with Crippen molar-refractivity contribution in [1.82, 2.24) is 20.0 Å². The molecule has 2 amide bonds. The van der Waals surface area contributed by atoms with Gasteiger partial charge in [-0.05, 0) is 31.7 Å². The first-order chi connectivity index (χ1) is 10.7. The first kappa shape index (κ1) is 17.3. The topological polar surface area (TPSA) is 67.2 Å². The van der Waals surface area contributed by atoms with E-state index in [1.807, 2.05) is 6.92 Å². The third kappa shape index (κ3) is 4.23. The Morgan fingerprint density at radius 1 is 1.35 bits per heavy atom. The highest BCUT2D eigenvalue weighted by Crippen LogP contribution is 2.23. The molecule has 9 heteroatoms. The van der Waals surface area contributed by atoms with Gasteiger partial charge in [-0.3, -0.25) is 14.3 Å². The van der Waals surface area contributed by atoms with E-state index < -0.39 is 12.1 Å². The molecule has 6 nitrogen and oxygen atoms in total. The first-order valence-corrected chi connectivity index (χ1v) is 7.33. The van der Waals surface area contributed by atoms with E-state index in [-0.39, 0.29) is 24.9 Å². The Morgan fingerprint density at radius 2 is 1.96 bits per heavy atom. The first-order valence-electron chi connectivity index (χ1n) is 7.33. The van der Waals surface area contributed by atoms with Gasteiger partial charge in [0.1, 0.15) is 5.69 Å². The summed E-state index contributed by atoms with van der Waals surface area (Å²) >= 11 is 0. The minimum atomic E-state index is -4.82. The second kappa shape index (κ2) is 6.59. The number of alkyl halides is 3. The molecule has 2 rings (SSSR count). The number of aryl methyl sites for hydroxylation is 2. The van der Waals surface area contributed by atoms with Crippen molar-refractivity contribution in [2.24, 2.45) is 13.0 Å². The van der Waals surface area contributed by atoms with Crippen molar-refractivity contribution in [3.63, 3.8) is 0 Å². The maximum Gasteiger partial charge on any atom is 0.471 e. The smallest absolute Gasteiger partial charge is 0.350 e. The lowest BCUT2D eigenvalue weighted by molar-refractivity contribution is -0.186. The van der Waals surface area contributed by atoms with E-state index in [0.717, 1.165) is 10.6 Å². The fraction of sp³-hybridized carbons (Fsp3) is 0.643. The van der Waals surface area contributed by atoms with Crippen LogP contribution in [0.1, 0.15) is 29.0 Å². The maximum absolute atomic E-state index is 12.3. The third-order valence-corrected chi connectivity index (χ3v) is 4.04. The molecule has 23 heavy (non-hydrogen) atoms. The van der Waals surface area contributed by atoms with Crippen LogP contribution in [0.5, 0.6) is 0 Å². The summed E-state index contributed by atoms with van der Waals surface area (Å²) in [6, 6.07) is 1.67. The highest BCUT2D eigenvalue weighted by molar-refractivity contribution is 5.92. The Hall–Kier alpha value is -2.06. The summed E-state index contributed by atoms with van der Waals surface area (Å²) in [5, 5.41) is 6.81. The van der Waals surface area contributed by atoms with Gasteiger partial charge in [0, 0.05) is 32.4 Å². The second-order valence-corrected chi connectivity index (χ2v) is 5.74. The molecule has 1 aromatic heterocycles. The van der Waals surface area contributed by atoms with Crippen LogP contribution in [0.3, 0.4) is 0 Å². The Kier molecular flexibility index (Phi) is 4.96. The summed E-state index contributed by atoms with van der Waals surface area (Å²) in [5.41, 5.74) is 1.17. The number of carbonyl (C=O) groups excluding carboxylic acids is 2. The normalized spacial score (nSPS) is 16.5. The molecule has 0 bridgehead atoms. The van der Waals surface area contributed by atoms with Crippen molar-refractivity contribution in [1.29, 1.82) is 0 Å². The van der Waals surface area contributed by atoms with Crippen LogP contribution in [0.25, 0.3) is 0 Å². The lowest BCUT2D eigenvalue weighted by Gasteiger charge is -2.32. The van der Waals surface area contributed by atoms with Crippen molar-refractivity contribution >= 4 is 11.8 Å². The summed E-state index contributed by atoms with van der Waals surface area (Å²) < 4.78 is 38.6. The SMILES string of the molecule is Cc1cc(C(=O)NCC2CCN(C(=O)C(F)(F)F)CC2)nn1C. The molecule has 1 aliphatic rings. The number of nitrogens with zero attached hydrogens (tertiary/aromatic N) is 3. The van der Waals surface area contributed by atoms with E-state index in [0.29, 0.717) is 25.1 Å². The van der Waals surface area contributed by atoms with Gasteiger partial charge in [-0.25, -0.2) is 0 Å². The van der Waals surface area contributed by atoms with Crippen LogP contribution in [0.15, 0.2) is 6.07 Å². The molecule has 0 saturated carbocycles. The molecular weight excluding hydrogens is 313 g/mol. The van der Waals surface area contributed by atoms with Gasteiger partial charge < -0.3 is 10.2 Å². The number of hydrogen-bond acceptors (Lipinski definition) is 3. The Labute approximate surface area is 131 Å². The molecule has 0 radical (unpaired) electrons. The number of rotatable bonds is 3. The predicted molar refractivity (Wildman–Crippen MR) is 75.6 cm³/mol. The summed E-state index contributed by atoms with van der Waals surface area (Å²) in [6.07, 6.45) is -3.95. The van der Waals surface area contributed by atoms with Gasteiger partial charge in [0.25, 0.3) is 5.91 Å². The third-order valence-electron chi connectivity index (χ3n) is 4.04. The molecule has 0 spiro atoms. The number of amides is 2. The van der Waals surface area contributed by atoms with E-state index in [9.17, 15) is 22.8 Å². The monoisotopic (exact) mass is 332 g/mol. The molecule has 1 aromatic rings. The van der Waals surface area contributed by atoms with Crippen LogP contribution < -0.4 is 5.32 Å². The van der Waals surface area contributed by atoms with E-state index in [2.05, 4.69) is 10.4 Å². The van der Waals surface area contributed by atoms with Crippen molar-refractivity contribution in [2.45, 2.75) is 25.9 Å². The predicted octanol–water partition coefficient (Wildman–Crippen LogP) is 1.26. The molecule has 1 saturated heterocycles. The number of hydrogen-bond donors (Lipinski definition) is 1. The van der Waals surface area contributed by atoms with Crippen molar-refractivity contribution in [3.05, 3.63) is 17.5 Å². The van der Waals surface area contributed by atoms with Gasteiger partial charge in [0.15, 0.2) is 0 Å². The van der Waals surface area contributed by atoms with Crippen LogP contribution in [-0.2, 0) is 11.8 Å². The molecule has 1 fully saturated rings. The Balaban J connectivity index is 1.79. The quantitative estimate of drug-likeness (QED) is 0.906. The van der Waals surface area contributed by atoms with Crippen LogP contribution >= 0.6 is 0 Å². The minimum Gasteiger partial charge on any atom is -0.350 e. The van der Waals surface area contributed by atoms with E-state index >= 15 is 0 Å². The highest BCUT2D eigenvalue weighted by atomic mass is 19.4. The number of likely N-dealkylation sites (tertiary alicyclic amines) is 1. The van der Waals surface area contributed by atoms with Gasteiger partial charge in [0.05, 0.1) is 0 Å². The van der Waals surface area contributed by atoms with Crippen molar-refractivity contribution in [3.8, 4) is 0 Å².